The van der Waals surface area contributed by atoms with E-state index in [1.54, 1.807) is 25.1 Å². The summed E-state index contributed by atoms with van der Waals surface area (Å²) < 4.78 is 15.4. The van der Waals surface area contributed by atoms with E-state index < -0.39 is 17.5 Å². The SMILES string of the molecule is CCOC(=O)C#Cc1cc(Cl)ccc1C1(C(=O)OC)CCCO1. The van der Waals surface area contributed by atoms with Crippen LogP contribution in [0, 0.1) is 11.8 Å². The van der Waals surface area contributed by atoms with E-state index in [-0.39, 0.29) is 6.61 Å². The zero-order valence-electron chi connectivity index (χ0n) is 13.0. The third kappa shape index (κ3) is 3.66. The second-order valence-corrected chi connectivity index (χ2v) is 5.37. The molecule has 1 fully saturated rings. The Kier molecular flexibility index (Phi) is 5.64. The number of benzene rings is 1. The Morgan fingerprint density at radius 2 is 2.22 bits per heavy atom. The largest absolute Gasteiger partial charge is 0.467 e. The molecular weight excluding hydrogens is 320 g/mol. The van der Waals surface area contributed by atoms with E-state index >= 15 is 0 Å². The minimum Gasteiger partial charge on any atom is -0.467 e. The lowest BCUT2D eigenvalue weighted by molar-refractivity contribution is -0.165. The number of ether oxygens (including phenoxy) is 3. The summed E-state index contributed by atoms with van der Waals surface area (Å²) in [5, 5.41) is 0.444. The van der Waals surface area contributed by atoms with E-state index in [0.29, 0.717) is 29.2 Å². The van der Waals surface area contributed by atoms with Crippen LogP contribution in [0.3, 0.4) is 0 Å². The summed E-state index contributed by atoms with van der Waals surface area (Å²) in [5.74, 6) is 3.98. The molecule has 1 saturated heterocycles. The van der Waals surface area contributed by atoms with Crippen LogP contribution in [-0.2, 0) is 29.4 Å². The molecule has 0 aromatic heterocycles. The molecule has 1 aromatic rings. The summed E-state index contributed by atoms with van der Waals surface area (Å²) in [6.45, 7) is 2.39. The Labute approximate surface area is 139 Å². The quantitative estimate of drug-likeness (QED) is 0.626. The summed E-state index contributed by atoms with van der Waals surface area (Å²) in [7, 11) is 1.31. The molecule has 0 N–H and O–H groups in total. The first-order valence-electron chi connectivity index (χ1n) is 7.24. The van der Waals surface area contributed by atoms with Crippen molar-refractivity contribution in [3.05, 3.63) is 34.3 Å². The number of halogens is 1. The normalized spacial score (nSPS) is 19.6. The molecule has 0 amide bonds. The highest BCUT2D eigenvalue weighted by Gasteiger charge is 2.46. The monoisotopic (exact) mass is 336 g/mol. The predicted octanol–water partition coefficient (Wildman–Crippen LogP) is 2.43. The minimum absolute atomic E-state index is 0.241. The topological polar surface area (TPSA) is 61.8 Å². The molecule has 0 saturated carbocycles. The van der Waals surface area contributed by atoms with Gasteiger partial charge in [-0.05, 0) is 31.9 Å². The van der Waals surface area contributed by atoms with Crippen LogP contribution >= 0.6 is 11.6 Å². The molecule has 1 aliphatic heterocycles. The van der Waals surface area contributed by atoms with Crippen LogP contribution in [0.15, 0.2) is 18.2 Å². The maximum Gasteiger partial charge on any atom is 0.384 e. The fourth-order valence-electron chi connectivity index (χ4n) is 2.55. The highest BCUT2D eigenvalue weighted by Crippen LogP contribution is 2.39. The van der Waals surface area contributed by atoms with Crippen molar-refractivity contribution >= 4 is 23.5 Å². The summed E-state index contributed by atoms with van der Waals surface area (Å²) in [4.78, 5) is 23.7. The summed E-state index contributed by atoms with van der Waals surface area (Å²) in [6.07, 6.45) is 1.21. The molecular formula is C17H17ClO5. The van der Waals surface area contributed by atoms with Gasteiger partial charge >= 0.3 is 11.9 Å². The molecule has 122 valence electrons. The number of hydrogen-bond acceptors (Lipinski definition) is 5. The standard InChI is InChI=1S/C17H17ClO5/c1-3-22-15(19)8-5-12-11-13(18)6-7-14(12)17(16(20)21-2)9-4-10-23-17/h6-7,11H,3-4,9-10H2,1-2H3. The fourth-order valence-corrected chi connectivity index (χ4v) is 2.72. The fraction of sp³-hybridized carbons (Fsp3) is 0.412. The second kappa shape index (κ2) is 7.49. The highest BCUT2D eigenvalue weighted by atomic mass is 35.5. The van der Waals surface area contributed by atoms with Crippen molar-refractivity contribution in [2.45, 2.75) is 25.4 Å². The van der Waals surface area contributed by atoms with Crippen molar-refractivity contribution in [2.75, 3.05) is 20.3 Å². The van der Waals surface area contributed by atoms with Gasteiger partial charge in [-0.1, -0.05) is 23.6 Å². The molecule has 0 spiro atoms. The maximum atomic E-state index is 12.3. The van der Waals surface area contributed by atoms with E-state index in [4.69, 9.17) is 25.8 Å². The number of rotatable bonds is 3. The van der Waals surface area contributed by atoms with Gasteiger partial charge in [-0.15, -0.1) is 0 Å². The average molecular weight is 337 g/mol. The molecule has 0 bridgehead atoms. The van der Waals surface area contributed by atoms with Crippen molar-refractivity contribution in [3.63, 3.8) is 0 Å². The van der Waals surface area contributed by atoms with Crippen molar-refractivity contribution in [2.24, 2.45) is 0 Å². The third-order valence-electron chi connectivity index (χ3n) is 3.53. The average Bonchev–Trinajstić information content (AvgIpc) is 3.03. The Morgan fingerprint density at radius 3 is 2.83 bits per heavy atom. The van der Waals surface area contributed by atoms with Gasteiger partial charge in [0, 0.05) is 28.7 Å². The molecule has 1 atom stereocenters. The molecule has 5 nitrogen and oxygen atoms in total. The summed E-state index contributed by atoms with van der Waals surface area (Å²) in [6, 6.07) is 4.92. The van der Waals surface area contributed by atoms with E-state index in [9.17, 15) is 9.59 Å². The maximum absolute atomic E-state index is 12.3. The number of carbonyl (C=O) groups is 2. The van der Waals surface area contributed by atoms with Crippen LogP contribution in [-0.4, -0.2) is 32.3 Å². The van der Waals surface area contributed by atoms with Crippen molar-refractivity contribution in [1.29, 1.82) is 0 Å². The first-order valence-corrected chi connectivity index (χ1v) is 7.62. The zero-order valence-corrected chi connectivity index (χ0v) is 13.7. The van der Waals surface area contributed by atoms with E-state index in [2.05, 4.69) is 11.8 Å². The molecule has 1 aromatic carbocycles. The number of methoxy groups -OCH3 is 1. The zero-order chi connectivity index (χ0) is 16.9. The first kappa shape index (κ1) is 17.3. The first-order chi connectivity index (χ1) is 11.0. The summed E-state index contributed by atoms with van der Waals surface area (Å²) in [5.41, 5.74) is -0.223. The van der Waals surface area contributed by atoms with Gasteiger partial charge in [0.25, 0.3) is 0 Å². The van der Waals surface area contributed by atoms with Crippen LogP contribution in [0.5, 0.6) is 0 Å². The number of esters is 2. The van der Waals surface area contributed by atoms with Gasteiger partial charge in [-0.2, -0.15) is 0 Å². The molecule has 2 rings (SSSR count). The van der Waals surface area contributed by atoms with Crippen molar-refractivity contribution in [3.8, 4) is 11.8 Å². The number of carbonyl (C=O) groups excluding carboxylic acids is 2. The van der Waals surface area contributed by atoms with Crippen LogP contribution in [0.25, 0.3) is 0 Å². The highest BCUT2D eigenvalue weighted by molar-refractivity contribution is 6.30. The van der Waals surface area contributed by atoms with E-state index in [0.717, 1.165) is 6.42 Å². The summed E-state index contributed by atoms with van der Waals surface area (Å²) >= 11 is 6.02. The lowest BCUT2D eigenvalue weighted by Crippen LogP contribution is -2.37. The number of hydrogen-bond donors (Lipinski definition) is 0. The third-order valence-corrected chi connectivity index (χ3v) is 3.76. The Hall–Kier alpha value is -2.03. The van der Waals surface area contributed by atoms with Gasteiger partial charge in [0.15, 0.2) is 5.60 Å². The molecule has 0 aliphatic carbocycles. The lowest BCUT2D eigenvalue weighted by atomic mass is 9.87. The van der Waals surface area contributed by atoms with Crippen LogP contribution in [0.1, 0.15) is 30.9 Å². The molecule has 1 aliphatic rings. The van der Waals surface area contributed by atoms with E-state index in [1.165, 1.54) is 7.11 Å². The second-order valence-electron chi connectivity index (χ2n) is 4.93. The van der Waals surface area contributed by atoms with Gasteiger partial charge < -0.3 is 14.2 Å². The Bertz CT molecular complexity index is 665. The lowest BCUT2D eigenvalue weighted by Gasteiger charge is -2.27. The van der Waals surface area contributed by atoms with Gasteiger partial charge in [-0.3, -0.25) is 0 Å². The smallest absolute Gasteiger partial charge is 0.384 e. The van der Waals surface area contributed by atoms with Crippen molar-refractivity contribution < 1.29 is 23.8 Å². The van der Waals surface area contributed by atoms with E-state index in [1.807, 2.05) is 0 Å². The Morgan fingerprint density at radius 1 is 1.43 bits per heavy atom. The Balaban J connectivity index is 2.49. The predicted molar refractivity (Wildman–Crippen MR) is 83.8 cm³/mol. The van der Waals surface area contributed by atoms with Crippen LogP contribution < -0.4 is 0 Å². The molecule has 6 heteroatoms. The molecule has 0 radical (unpaired) electrons. The minimum atomic E-state index is -1.21. The molecule has 1 unspecified atom stereocenters. The van der Waals surface area contributed by atoms with Crippen LogP contribution in [0.2, 0.25) is 5.02 Å². The van der Waals surface area contributed by atoms with Crippen LogP contribution in [0.4, 0.5) is 0 Å². The van der Waals surface area contributed by atoms with Gasteiger partial charge in [0.1, 0.15) is 0 Å². The molecule has 23 heavy (non-hydrogen) atoms. The van der Waals surface area contributed by atoms with Gasteiger partial charge in [0.2, 0.25) is 0 Å². The molecule has 1 heterocycles. The van der Waals surface area contributed by atoms with Gasteiger partial charge in [-0.25, -0.2) is 9.59 Å². The van der Waals surface area contributed by atoms with Crippen molar-refractivity contribution in [1.82, 2.24) is 0 Å². The van der Waals surface area contributed by atoms with Gasteiger partial charge in [0.05, 0.1) is 13.7 Å².